The Morgan fingerprint density at radius 2 is 1.83 bits per heavy atom. The predicted molar refractivity (Wildman–Crippen MR) is 77.9 cm³/mol. The van der Waals surface area contributed by atoms with Gasteiger partial charge in [-0.25, -0.2) is 8.42 Å². The van der Waals surface area contributed by atoms with Crippen molar-refractivity contribution in [3.63, 3.8) is 0 Å². The number of sulfone groups is 1. The fourth-order valence-corrected chi connectivity index (χ4v) is 3.17. The summed E-state index contributed by atoms with van der Waals surface area (Å²) in [5.74, 6) is 6.37. The van der Waals surface area contributed by atoms with E-state index in [2.05, 4.69) is 33.1 Å². The van der Waals surface area contributed by atoms with Crippen molar-refractivity contribution in [3.8, 4) is 0 Å². The number of hydrogen-bond acceptors (Lipinski definition) is 4. The molecule has 0 aromatic rings. The maximum absolute atomic E-state index is 11.1. The van der Waals surface area contributed by atoms with Crippen LogP contribution in [0.3, 0.4) is 0 Å². The maximum atomic E-state index is 11.1. The van der Waals surface area contributed by atoms with E-state index in [-0.39, 0.29) is 11.8 Å². The Labute approximate surface area is 113 Å². The smallest absolute Gasteiger partial charge is 0.147 e. The zero-order valence-corrected chi connectivity index (χ0v) is 13.3. The monoisotopic (exact) mass is 278 g/mol. The summed E-state index contributed by atoms with van der Waals surface area (Å²) in [7, 11) is -2.85. The zero-order valence-electron chi connectivity index (χ0n) is 12.5. The summed E-state index contributed by atoms with van der Waals surface area (Å²) in [5.41, 5.74) is 3.13. The van der Waals surface area contributed by atoms with E-state index in [9.17, 15) is 8.42 Å². The normalized spacial score (nSPS) is 16.6. The van der Waals surface area contributed by atoms with Gasteiger partial charge in [-0.1, -0.05) is 27.7 Å². The Morgan fingerprint density at radius 3 is 2.22 bits per heavy atom. The molecule has 0 saturated carbocycles. The van der Waals surface area contributed by atoms with E-state index >= 15 is 0 Å². The molecule has 18 heavy (non-hydrogen) atoms. The lowest BCUT2D eigenvalue weighted by molar-refractivity contribution is 0.271. The van der Waals surface area contributed by atoms with Gasteiger partial charge in [0.2, 0.25) is 0 Å². The first-order valence-corrected chi connectivity index (χ1v) is 8.73. The van der Waals surface area contributed by atoms with Gasteiger partial charge in [0.25, 0.3) is 0 Å². The predicted octanol–water partition coefficient (Wildman–Crippen LogP) is 2.11. The van der Waals surface area contributed by atoms with Crippen molar-refractivity contribution in [3.05, 3.63) is 0 Å². The van der Waals surface area contributed by atoms with Gasteiger partial charge in [0.05, 0.1) is 0 Å². The average Bonchev–Trinajstić information content (AvgIpc) is 2.11. The van der Waals surface area contributed by atoms with E-state index < -0.39 is 9.84 Å². The van der Waals surface area contributed by atoms with E-state index in [1.165, 1.54) is 6.26 Å². The Morgan fingerprint density at radius 1 is 1.28 bits per heavy atom. The van der Waals surface area contributed by atoms with Crippen LogP contribution in [0.15, 0.2) is 0 Å². The molecule has 0 aliphatic heterocycles. The molecule has 0 heterocycles. The highest BCUT2D eigenvalue weighted by molar-refractivity contribution is 7.90. The molecule has 2 unspecified atom stereocenters. The summed E-state index contributed by atoms with van der Waals surface area (Å²) in [6.07, 6.45) is 4.92. The number of hydrogen-bond donors (Lipinski definition) is 2. The minimum atomic E-state index is -2.85. The highest BCUT2D eigenvalue weighted by atomic mass is 32.2. The highest BCUT2D eigenvalue weighted by Crippen LogP contribution is 2.27. The summed E-state index contributed by atoms with van der Waals surface area (Å²) < 4.78 is 22.1. The third kappa shape index (κ3) is 11.0. The van der Waals surface area contributed by atoms with Crippen LogP contribution < -0.4 is 11.3 Å². The number of nitrogens with two attached hydrogens (primary N) is 1. The first-order chi connectivity index (χ1) is 8.03. The summed E-state index contributed by atoms with van der Waals surface area (Å²) in [4.78, 5) is 0. The van der Waals surface area contributed by atoms with E-state index in [1.54, 1.807) is 0 Å². The molecule has 0 amide bonds. The van der Waals surface area contributed by atoms with E-state index in [0.717, 1.165) is 19.3 Å². The lowest BCUT2D eigenvalue weighted by Gasteiger charge is -2.26. The quantitative estimate of drug-likeness (QED) is 0.527. The van der Waals surface area contributed by atoms with Gasteiger partial charge in [-0.3, -0.25) is 11.3 Å². The van der Waals surface area contributed by atoms with Crippen LogP contribution >= 0.6 is 0 Å². The second-order valence-electron chi connectivity index (χ2n) is 6.74. The zero-order chi connectivity index (χ0) is 14.4. The molecule has 0 spiro atoms. The van der Waals surface area contributed by atoms with Gasteiger partial charge < -0.3 is 0 Å². The van der Waals surface area contributed by atoms with Gasteiger partial charge >= 0.3 is 0 Å². The van der Waals surface area contributed by atoms with Gasteiger partial charge in [-0.2, -0.15) is 0 Å². The molecule has 3 N–H and O–H groups in total. The van der Waals surface area contributed by atoms with Gasteiger partial charge in [0, 0.05) is 18.1 Å². The molecule has 0 aromatic carbocycles. The van der Waals surface area contributed by atoms with Crippen LogP contribution in [0.1, 0.15) is 53.4 Å². The molecular formula is C13H30N2O2S. The SMILES string of the molecule is CC(CC(CCCS(C)(=O)=O)NN)CC(C)(C)C. The van der Waals surface area contributed by atoms with Gasteiger partial charge in [0.15, 0.2) is 0 Å². The number of nitrogens with one attached hydrogen (secondary N) is 1. The van der Waals surface area contributed by atoms with Crippen LogP contribution in [-0.2, 0) is 9.84 Å². The molecule has 2 atom stereocenters. The first kappa shape index (κ1) is 17.9. The largest absolute Gasteiger partial charge is 0.271 e. The molecule has 5 heteroatoms. The van der Waals surface area contributed by atoms with Crippen molar-refractivity contribution in [2.75, 3.05) is 12.0 Å². The third-order valence-corrected chi connectivity index (χ3v) is 3.98. The highest BCUT2D eigenvalue weighted by Gasteiger charge is 2.18. The lowest BCUT2D eigenvalue weighted by atomic mass is 9.82. The summed E-state index contributed by atoms with van der Waals surface area (Å²) in [5, 5.41) is 0. The Bertz CT molecular complexity index is 320. The van der Waals surface area contributed by atoms with Crippen molar-refractivity contribution in [2.24, 2.45) is 17.2 Å². The fraction of sp³-hybridized carbons (Fsp3) is 1.00. The molecule has 110 valence electrons. The topological polar surface area (TPSA) is 72.2 Å². The van der Waals surface area contributed by atoms with Crippen molar-refractivity contribution in [2.45, 2.75) is 59.4 Å². The van der Waals surface area contributed by atoms with Crippen molar-refractivity contribution in [1.82, 2.24) is 5.43 Å². The minimum Gasteiger partial charge on any atom is -0.271 e. The minimum absolute atomic E-state index is 0.212. The Balaban J connectivity index is 4.04. The van der Waals surface area contributed by atoms with Gasteiger partial charge in [0.1, 0.15) is 9.84 Å². The molecule has 4 nitrogen and oxygen atoms in total. The van der Waals surface area contributed by atoms with Crippen LogP contribution in [0.2, 0.25) is 0 Å². The number of rotatable bonds is 8. The molecule has 0 fully saturated rings. The van der Waals surface area contributed by atoms with Crippen LogP contribution in [-0.4, -0.2) is 26.5 Å². The molecule has 0 bridgehead atoms. The molecule has 0 rings (SSSR count). The van der Waals surface area contributed by atoms with Gasteiger partial charge in [-0.05, 0) is 37.0 Å². The second kappa shape index (κ2) is 7.46. The first-order valence-electron chi connectivity index (χ1n) is 6.67. The van der Waals surface area contributed by atoms with Crippen LogP contribution in [0.25, 0.3) is 0 Å². The van der Waals surface area contributed by atoms with E-state index in [4.69, 9.17) is 5.84 Å². The summed E-state index contributed by atoms with van der Waals surface area (Å²) >= 11 is 0. The Kier molecular flexibility index (Phi) is 7.40. The molecule has 0 radical (unpaired) electrons. The average molecular weight is 278 g/mol. The standard InChI is InChI=1S/C13H30N2O2S/c1-11(10-13(2,3)4)9-12(15-14)7-6-8-18(5,16)17/h11-12,15H,6-10,14H2,1-5H3. The molecular weight excluding hydrogens is 248 g/mol. The molecule has 0 aliphatic rings. The van der Waals surface area contributed by atoms with Crippen molar-refractivity contribution < 1.29 is 8.42 Å². The number of hydrazine groups is 1. The lowest BCUT2D eigenvalue weighted by Crippen LogP contribution is -2.37. The third-order valence-electron chi connectivity index (χ3n) is 2.95. The van der Waals surface area contributed by atoms with E-state index in [1.807, 2.05) is 0 Å². The van der Waals surface area contributed by atoms with E-state index in [0.29, 0.717) is 17.8 Å². The summed E-state index contributed by atoms with van der Waals surface area (Å²) in [6, 6.07) is 0.212. The maximum Gasteiger partial charge on any atom is 0.147 e. The molecule has 0 aliphatic carbocycles. The van der Waals surface area contributed by atoms with Crippen molar-refractivity contribution in [1.29, 1.82) is 0 Å². The second-order valence-corrected chi connectivity index (χ2v) is 9.00. The van der Waals surface area contributed by atoms with Crippen molar-refractivity contribution >= 4 is 9.84 Å². The molecule has 0 saturated heterocycles. The Hall–Kier alpha value is -0.130. The van der Waals surface area contributed by atoms with Crippen LogP contribution in [0.5, 0.6) is 0 Å². The molecule has 0 aromatic heterocycles. The fourth-order valence-electron chi connectivity index (χ4n) is 2.48. The van der Waals surface area contributed by atoms with Crippen LogP contribution in [0.4, 0.5) is 0 Å². The summed E-state index contributed by atoms with van der Waals surface area (Å²) in [6.45, 7) is 8.93. The van der Waals surface area contributed by atoms with Gasteiger partial charge in [-0.15, -0.1) is 0 Å². The van der Waals surface area contributed by atoms with Crippen LogP contribution in [0, 0.1) is 11.3 Å².